The fourth-order valence-electron chi connectivity index (χ4n) is 3.11. The first-order chi connectivity index (χ1) is 10.8. The molecule has 1 saturated heterocycles. The van der Waals surface area contributed by atoms with Crippen LogP contribution in [-0.4, -0.2) is 60.1 Å². The lowest BCUT2D eigenvalue weighted by Gasteiger charge is -2.34. The van der Waals surface area contributed by atoms with Gasteiger partial charge in [0, 0.05) is 39.1 Å². The summed E-state index contributed by atoms with van der Waals surface area (Å²) in [7, 11) is 0. The maximum absolute atomic E-state index is 12.1. The Bertz CT molecular complexity index is 276. The standard InChI is InChI=1S/C18H36N2O2/c1-2-3-4-5-6-7-8-9-10-11-18(22)20-14-12-19(13-15-20)16-17-21/h21H,2-17H2,1H3. The number of aliphatic hydroxyl groups is 1. The van der Waals surface area contributed by atoms with E-state index >= 15 is 0 Å². The Morgan fingerprint density at radius 3 is 1.95 bits per heavy atom. The zero-order valence-corrected chi connectivity index (χ0v) is 14.6. The van der Waals surface area contributed by atoms with Crippen molar-refractivity contribution in [2.75, 3.05) is 39.3 Å². The third-order valence-electron chi connectivity index (χ3n) is 4.64. The minimum atomic E-state index is 0.215. The number of piperazine rings is 1. The molecular formula is C18H36N2O2. The molecule has 0 spiro atoms. The number of unbranched alkanes of at least 4 members (excludes halogenated alkanes) is 8. The monoisotopic (exact) mass is 312 g/mol. The molecule has 0 unspecified atom stereocenters. The van der Waals surface area contributed by atoms with Crippen LogP contribution >= 0.6 is 0 Å². The number of aliphatic hydroxyl groups excluding tert-OH is 1. The number of β-amino-alcohol motifs (C(OH)–C–C–N with tert-alkyl or cyclic N) is 1. The molecule has 1 amide bonds. The molecule has 0 atom stereocenters. The van der Waals surface area contributed by atoms with Crippen molar-refractivity contribution in [2.45, 2.75) is 71.1 Å². The van der Waals surface area contributed by atoms with E-state index in [0.717, 1.165) is 45.6 Å². The van der Waals surface area contributed by atoms with Gasteiger partial charge in [-0.2, -0.15) is 0 Å². The summed E-state index contributed by atoms with van der Waals surface area (Å²) in [5.74, 6) is 0.326. The molecule has 0 aromatic heterocycles. The highest BCUT2D eigenvalue weighted by Gasteiger charge is 2.19. The largest absolute Gasteiger partial charge is 0.395 e. The van der Waals surface area contributed by atoms with Gasteiger partial charge in [0.25, 0.3) is 0 Å². The first kappa shape index (κ1) is 19.4. The minimum Gasteiger partial charge on any atom is -0.395 e. The molecule has 1 fully saturated rings. The molecule has 0 radical (unpaired) electrons. The second-order valence-corrected chi connectivity index (χ2v) is 6.52. The van der Waals surface area contributed by atoms with E-state index in [1.165, 1.54) is 51.4 Å². The number of hydrogen-bond donors (Lipinski definition) is 1. The highest BCUT2D eigenvalue weighted by molar-refractivity contribution is 5.76. The van der Waals surface area contributed by atoms with Gasteiger partial charge in [0.2, 0.25) is 5.91 Å². The zero-order chi connectivity index (χ0) is 16.0. The fourth-order valence-corrected chi connectivity index (χ4v) is 3.11. The maximum Gasteiger partial charge on any atom is 0.222 e. The van der Waals surface area contributed by atoms with Crippen LogP contribution in [0, 0.1) is 0 Å². The van der Waals surface area contributed by atoms with Gasteiger partial charge in [0.1, 0.15) is 0 Å². The molecule has 130 valence electrons. The molecule has 4 nitrogen and oxygen atoms in total. The van der Waals surface area contributed by atoms with E-state index in [1.807, 2.05) is 4.90 Å². The molecule has 0 aromatic rings. The summed E-state index contributed by atoms with van der Waals surface area (Å²) in [5, 5.41) is 8.92. The topological polar surface area (TPSA) is 43.8 Å². The number of nitrogens with zero attached hydrogens (tertiary/aromatic N) is 2. The Morgan fingerprint density at radius 1 is 0.864 bits per heavy atom. The van der Waals surface area contributed by atoms with Crippen molar-refractivity contribution < 1.29 is 9.90 Å². The summed E-state index contributed by atoms with van der Waals surface area (Å²) in [5.41, 5.74) is 0. The van der Waals surface area contributed by atoms with Gasteiger partial charge in [-0.05, 0) is 6.42 Å². The molecule has 0 aliphatic carbocycles. The predicted molar refractivity (Wildman–Crippen MR) is 91.9 cm³/mol. The molecule has 0 saturated carbocycles. The number of hydrogen-bond acceptors (Lipinski definition) is 3. The molecule has 1 aliphatic heterocycles. The Hall–Kier alpha value is -0.610. The van der Waals surface area contributed by atoms with Gasteiger partial charge in [-0.25, -0.2) is 0 Å². The Balaban J connectivity index is 1.93. The van der Waals surface area contributed by atoms with Gasteiger partial charge >= 0.3 is 0 Å². The van der Waals surface area contributed by atoms with Crippen LogP contribution in [0.3, 0.4) is 0 Å². The van der Waals surface area contributed by atoms with Gasteiger partial charge < -0.3 is 10.0 Å². The lowest BCUT2D eigenvalue weighted by Crippen LogP contribution is -2.49. The lowest BCUT2D eigenvalue weighted by atomic mass is 10.1. The molecule has 1 rings (SSSR count). The van der Waals surface area contributed by atoms with Crippen LogP contribution in [0.5, 0.6) is 0 Å². The summed E-state index contributed by atoms with van der Waals surface area (Å²) in [6, 6.07) is 0. The van der Waals surface area contributed by atoms with Crippen molar-refractivity contribution >= 4 is 5.91 Å². The van der Waals surface area contributed by atoms with E-state index in [0.29, 0.717) is 5.91 Å². The normalized spacial score (nSPS) is 16.2. The summed E-state index contributed by atoms with van der Waals surface area (Å²) in [6.45, 7) is 6.68. The highest BCUT2D eigenvalue weighted by atomic mass is 16.3. The second kappa shape index (κ2) is 12.9. The van der Waals surface area contributed by atoms with Gasteiger partial charge in [-0.3, -0.25) is 9.69 Å². The van der Waals surface area contributed by atoms with Crippen molar-refractivity contribution in [1.29, 1.82) is 0 Å². The van der Waals surface area contributed by atoms with E-state index in [1.54, 1.807) is 0 Å². The van der Waals surface area contributed by atoms with Gasteiger partial charge in [0.15, 0.2) is 0 Å². The third-order valence-corrected chi connectivity index (χ3v) is 4.64. The van der Waals surface area contributed by atoms with Crippen molar-refractivity contribution in [1.82, 2.24) is 9.80 Å². The fraction of sp³-hybridized carbons (Fsp3) is 0.944. The smallest absolute Gasteiger partial charge is 0.222 e. The number of carbonyl (C=O) groups excluding carboxylic acids is 1. The van der Waals surface area contributed by atoms with Crippen molar-refractivity contribution in [3.63, 3.8) is 0 Å². The highest BCUT2D eigenvalue weighted by Crippen LogP contribution is 2.12. The van der Waals surface area contributed by atoms with Crippen LogP contribution in [0.1, 0.15) is 71.1 Å². The van der Waals surface area contributed by atoms with Gasteiger partial charge in [0.05, 0.1) is 6.61 Å². The molecule has 1 heterocycles. The summed E-state index contributed by atoms with van der Waals surface area (Å²) in [4.78, 5) is 16.4. The molecule has 0 aromatic carbocycles. The second-order valence-electron chi connectivity index (χ2n) is 6.52. The van der Waals surface area contributed by atoms with E-state index in [9.17, 15) is 4.79 Å². The van der Waals surface area contributed by atoms with E-state index in [-0.39, 0.29) is 6.61 Å². The Labute approximate surface area is 136 Å². The summed E-state index contributed by atoms with van der Waals surface area (Å²) in [6.07, 6.45) is 12.4. The Kier molecular flexibility index (Phi) is 11.4. The van der Waals surface area contributed by atoms with Crippen molar-refractivity contribution in [3.05, 3.63) is 0 Å². The van der Waals surface area contributed by atoms with Gasteiger partial charge in [-0.15, -0.1) is 0 Å². The average Bonchev–Trinajstić information content (AvgIpc) is 2.54. The van der Waals surface area contributed by atoms with Crippen LogP contribution in [0.25, 0.3) is 0 Å². The molecular weight excluding hydrogens is 276 g/mol. The SMILES string of the molecule is CCCCCCCCCCCC(=O)N1CCN(CCO)CC1. The van der Waals surface area contributed by atoms with Crippen molar-refractivity contribution in [3.8, 4) is 0 Å². The van der Waals surface area contributed by atoms with E-state index in [2.05, 4.69) is 11.8 Å². The van der Waals surface area contributed by atoms with Crippen LogP contribution in [0.15, 0.2) is 0 Å². The molecule has 22 heavy (non-hydrogen) atoms. The Morgan fingerprint density at radius 2 is 1.41 bits per heavy atom. The number of carbonyl (C=O) groups is 1. The average molecular weight is 312 g/mol. The minimum absolute atomic E-state index is 0.215. The van der Waals surface area contributed by atoms with Crippen LogP contribution in [0.2, 0.25) is 0 Å². The third kappa shape index (κ3) is 8.74. The summed E-state index contributed by atoms with van der Waals surface area (Å²) >= 11 is 0. The number of amides is 1. The predicted octanol–water partition coefficient (Wildman–Crippen LogP) is 3.04. The first-order valence-electron chi connectivity index (χ1n) is 9.39. The van der Waals surface area contributed by atoms with Gasteiger partial charge in [-0.1, -0.05) is 58.3 Å². The van der Waals surface area contributed by atoms with E-state index in [4.69, 9.17) is 5.11 Å². The molecule has 1 N–H and O–H groups in total. The van der Waals surface area contributed by atoms with Crippen LogP contribution < -0.4 is 0 Å². The zero-order valence-electron chi connectivity index (χ0n) is 14.6. The van der Waals surface area contributed by atoms with Crippen LogP contribution in [-0.2, 0) is 4.79 Å². The van der Waals surface area contributed by atoms with Crippen molar-refractivity contribution in [2.24, 2.45) is 0 Å². The quantitative estimate of drug-likeness (QED) is 0.563. The maximum atomic E-state index is 12.1. The van der Waals surface area contributed by atoms with E-state index < -0.39 is 0 Å². The first-order valence-corrected chi connectivity index (χ1v) is 9.39. The van der Waals surface area contributed by atoms with Crippen LogP contribution in [0.4, 0.5) is 0 Å². The molecule has 0 bridgehead atoms. The number of rotatable bonds is 12. The summed E-state index contributed by atoms with van der Waals surface area (Å²) < 4.78 is 0. The molecule has 1 aliphatic rings. The molecule has 4 heteroatoms. The lowest BCUT2D eigenvalue weighted by molar-refractivity contribution is -0.133.